The molecule has 1 atom stereocenters. The van der Waals surface area contributed by atoms with E-state index in [-0.39, 0.29) is 17.7 Å². The molecule has 0 aromatic carbocycles. The Hall–Kier alpha value is -2.18. The summed E-state index contributed by atoms with van der Waals surface area (Å²) in [4.78, 5) is 27.6. The van der Waals surface area contributed by atoms with Crippen LogP contribution < -0.4 is 4.90 Å². The molecule has 108 valence electrons. The number of nitrogens with zero attached hydrogens (tertiary/aromatic N) is 3. The van der Waals surface area contributed by atoms with Gasteiger partial charge in [-0.1, -0.05) is 0 Å². The number of aromatic nitrogens is 1. The number of piperidine rings is 1. The summed E-state index contributed by atoms with van der Waals surface area (Å²) in [7, 11) is 0. The Labute approximate surface area is 116 Å². The van der Waals surface area contributed by atoms with Crippen molar-refractivity contribution in [1.29, 1.82) is 0 Å². The van der Waals surface area contributed by atoms with Crippen LogP contribution in [0.25, 0.3) is 0 Å². The van der Waals surface area contributed by atoms with Gasteiger partial charge < -0.3 is 19.8 Å². The van der Waals surface area contributed by atoms with Crippen LogP contribution in [0.5, 0.6) is 0 Å². The van der Waals surface area contributed by atoms with Crippen molar-refractivity contribution < 1.29 is 14.5 Å². The number of pyridine rings is 1. The maximum Gasteiger partial charge on any atom is 0.363 e. The van der Waals surface area contributed by atoms with Crippen molar-refractivity contribution in [3.63, 3.8) is 0 Å². The lowest BCUT2D eigenvalue weighted by atomic mass is 9.98. The summed E-state index contributed by atoms with van der Waals surface area (Å²) in [6, 6.07) is 3.04. The lowest BCUT2D eigenvalue weighted by Crippen LogP contribution is -2.39. The van der Waals surface area contributed by atoms with Crippen molar-refractivity contribution in [2.75, 3.05) is 24.6 Å². The summed E-state index contributed by atoms with van der Waals surface area (Å²) in [5.74, 6) is -0.487. The van der Waals surface area contributed by atoms with Gasteiger partial charge in [-0.05, 0) is 35.7 Å². The molecular weight excluding hydrogens is 262 g/mol. The predicted octanol–water partition coefficient (Wildman–Crippen LogP) is 1.77. The van der Waals surface area contributed by atoms with Gasteiger partial charge in [0, 0.05) is 19.2 Å². The van der Waals surface area contributed by atoms with E-state index in [0.29, 0.717) is 13.2 Å². The second-order valence-electron chi connectivity index (χ2n) is 4.67. The van der Waals surface area contributed by atoms with Gasteiger partial charge in [0.25, 0.3) is 0 Å². The number of hydrogen-bond donors (Lipinski definition) is 0. The molecule has 7 heteroatoms. The maximum atomic E-state index is 11.8. The molecule has 1 unspecified atom stereocenters. The summed E-state index contributed by atoms with van der Waals surface area (Å²) in [6.45, 7) is 3.56. The third-order valence-electron chi connectivity index (χ3n) is 3.33. The number of carbonyl (C=O) groups excluding carboxylic acids is 1. The van der Waals surface area contributed by atoms with E-state index in [4.69, 9.17) is 4.74 Å². The van der Waals surface area contributed by atoms with Gasteiger partial charge in [-0.25, -0.2) is 0 Å². The number of anilines is 1. The van der Waals surface area contributed by atoms with E-state index in [9.17, 15) is 14.9 Å². The molecule has 20 heavy (non-hydrogen) atoms. The first-order valence-electron chi connectivity index (χ1n) is 6.64. The molecule has 0 amide bonds. The van der Waals surface area contributed by atoms with Crippen molar-refractivity contribution in [3.05, 3.63) is 28.4 Å². The zero-order valence-electron chi connectivity index (χ0n) is 11.3. The standard InChI is InChI=1S/C13H17N3O4/c1-2-20-13(17)10-4-3-7-15(9-10)11-5-6-12(14-8-11)16(18)19/h5-6,8,10H,2-4,7,9H2,1H3. The van der Waals surface area contributed by atoms with Crippen LogP contribution in [0, 0.1) is 16.0 Å². The average molecular weight is 279 g/mol. The van der Waals surface area contributed by atoms with E-state index < -0.39 is 4.92 Å². The average Bonchev–Trinajstić information content (AvgIpc) is 2.48. The van der Waals surface area contributed by atoms with E-state index in [1.54, 1.807) is 13.0 Å². The van der Waals surface area contributed by atoms with Crippen molar-refractivity contribution in [2.24, 2.45) is 5.92 Å². The Morgan fingerprint density at radius 2 is 2.40 bits per heavy atom. The Kier molecular flexibility index (Phi) is 4.49. The molecule has 0 saturated carbocycles. The molecule has 1 aliphatic heterocycles. The summed E-state index contributed by atoms with van der Waals surface area (Å²) in [6.07, 6.45) is 3.18. The molecular formula is C13H17N3O4. The van der Waals surface area contributed by atoms with Crippen molar-refractivity contribution >= 4 is 17.5 Å². The molecule has 2 heterocycles. The van der Waals surface area contributed by atoms with Crippen LogP contribution in [-0.4, -0.2) is 35.6 Å². The smallest absolute Gasteiger partial charge is 0.363 e. The van der Waals surface area contributed by atoms with Gasteiger partial charge in [0.2, 0.25) is 0 Å². The lowest BCUT2D eigenvalue weighted by molar-refractivity contribution is -0.389. The van der Waals surface area contributed by atoms with E-state index in [0.717, 1.165) is 25.1 Å². The Balaban J connectivity index is 2.04. The number of ether oxygens (including phenoxy) is 1. The Bertz CT molecular complexity index is 489. The lowest BCUT2D eigenvalue weighted by Gasteiger charge is -2.32. The highest BCUT2D eigenvalue weighted by Gasteiger charge is 2.27. The highest BCUT2D eigenvalue weighted by Crippen LogP contribution is 2.24. The summed E-state index contributed by atoms with van der Waals surface area (Å²) in [5.41, 5.74) is 0.796. The van der Waals surface area contributed by atoms with Gasteiger partial charge in [0.15, 0.2) is 6.20 Å². The monoisotopic (exact) mass is 279 g/mol. The number of rotatable bonds is 4. The highest BCUT2D eigenvalue weighted by atomic mass is 16.6. The van der Waals surface area contributed by atoms with Crippen LogP contribution in [0.1, 0.15) is 19.8 Å². The molecule has 0 bridgehead atoms. The number of carbonyl (C=O) groups is 1. The topological polar surface area (TPSA) is 85.6 Å². The fourth-order valence-electron chi connectivity index (χ4n) is 2.34. The quantitative estimate of drug-likeness (QED) is 0.474. The minimum atomic E-state index is -0.526. The summed E-state index contributed by atoms with van der Waals surface area (Å²) in [5, 5.41) is 10.6. The molecule has 1 saturated heterocycles. The number of nitro groups is 1. The minimum Gasteiger partial charge on any atom is -0.466 e. The largest absolute Gasteiger partial charge is 0.466 e. The molecule has 0 N–H and O–H groups in total. The number of hydrogen-bond acceptors (Lipinski definition) is 6. The summed E-state index contributed by atoms with van der Waals surface area (Å²) >= 11 is 0. The van der Waals surface area contributed by atoms with Crippen molar-refractivity contribution in [2.45, 2.75) is 19.8 Å². The molecule has 2 rings (SSSR count). The van der Waals surface area contributed by atoms with Crippen LogP contribution in [-0.2, 0) is 9.53 Å². The predicted molar refractivity (Wildman–Crippen MR) is 72.5 cm³/mol. The van der Waals surface area contributed by atoms with E-state index in [1.807, 2.05) is 4.90 Å². The summed E-state index contributed by atoms with van der Waals surface area (Å²) < 4.78 is 5.05. The van der Waals surface area contributed by atoms with Gasteiger partial charge >= 0.3 is 11.8 Å². The molecule has 7 nitrogen and oxygen atoms in total. The fraction of sp³-hybridized carbons (Fsp3) is 0.538. The first-order valence-corrected chi connectivity index (χ1v) is 6.64. The maximum absolute atomic E-state index is 11.8. The van der Waals surface area contributed by atoms with E-state index >= 15 is 0 Å². The van der Waals surface area contributed by atoms with Gasteiger partial charge in [0.1, 0.15) is 0 Å². The first kappa shape index (κ1) is 14.2. The molecule has 0 aliphatic carbocycles. The van der Waals surface area contributed by atoms with Gasteiger partial charge in [0.05, 0.1) is 18.2 Å². The molecule has 1 aromatic heterocycles. The van der Waals surface area contributed by atoms with Crippen LogP contribution in [0.15, 0.2) is 18.3 Å². The van der Waals surface area contributed by atoms with E-state index in [2.05, 4.69) is 4.98 Å². The van der Waals surface area contributed by atoms with Crippen LogP contribution >= 0.6 is 0 Å². The fourth-order valence-corrected chi connectivity index (χ4v) is 2.34. The normalized spacial score (nSPS) is 18.6. The van der Waals surface area contributed by atoms with Gasteiger partial charge in [-0.2, -0.15) is 0 Å². The van der Waals surface area contributed by atoms with Crippen molar-refractivity contribution in [1.82, 2.24) is 4.98 Å². The third kappa shape index (κ3) is 3.23. The second kappa shape index (κ2) is 6.31. The van der Waals surface area contributed by atoms with Crippen LogP contribution in [0.3, 0.4) is 0 Å². The zero-order chi connectivity index (χ0) is 14.5. The second-order valence-corrected chi connectivity index (χ2v) is 4.67. The highest BCUT2D eigenvalue weighted by molar-refractivity contribution is 5.73. The SMILES string of the molecule is CCOC(=O)C1CCCN(c2ccc([N+](=O)[O-])nc2)C1. The van der Waals surface area contributed by atoms with Crippen LogP contribution in [0.2, 0.25) is 0 Å². The van der Waals surface area contributed by atoms with Crippen molar-refractivity contribution in [3.8, 4) is 0 Å². The van der Waals surface area contributed by atoms with Gasteiger partial charge in [-0.15, -0.1) is 0 Å². The van der Waals surface area contributed by atoms with Gasteiger partial charge in [-0.3, -0.25) is 4.79 Å². The molecule has 1 aromatic rings. The molecule has 1 fully saturated rings. The van der Waals surface area contributed by atoms with E-state index in [1.165, 1.54) is 12.3 Å². The Morgan fingerprint density at radius 1 is 1.60 bits per heavy atom. The molecule has 0 radical (unpaired) electrons. The molecule has 0 spiro atoms. The molecule has 1 aliphatic rings. The minimum absolute atomic E-state index is 0.140. The number of esters is 1. The third-order valence-corrected chi connectivity index (χ3v) is 3.33. The van der Waals surface area contributed by atoms with Crippen LogP contribution in [0.4, 0.5) is 11.5 Å². The zero-order valence-corrected chi connectivity index (χ0v) is 11.3. The Morgan fingerprint density at radius 3 is 3.00 bits per heavy atom. The first-order chi connectivity index (χ1) is 9.61.